The highest BCUT2D eigenvalue weighted by molar-refractivity contribution is 7.89. The van der Waals surface area contributed by atoms with Crippen molar-refractivity contribution < 1.29 is 8.42 Å². The number of anilines is 1. The standard InChI is InChI=1S/C8H13N3O2S/c1-6(2)11-7-3-8(5-10-4-7)14(9,12)13/h3-6,11H,1-2H3,(H2,9,12,13). The number of hydrogen-bond donors (Lipinski definition) is 2. The molecule has 0 radical (unpaired) electrons. The van der Waals surface area contributed by atoms with Gasteiger partial charge in [-0.3, -0.25) is 4.98 Å². The van der Waals surface area contributed by atoms with E-state index in [4.69, 9.17) is 5.14 Å². The number of nitrogens with zero attached hydrogens (tertiary/aromatic N) is 1. The number of aromatic nitrogens is 1. The van der Waals surface area contributed by atoms with Crippen LogP contribution in [0.15, 0.2) is 23.4 Å². The van der Waals surface area contributed by atoms with E-state index < -0.39 is 10.0 Å². The molecule has 0 aliphatic heterocycles. The molecule has 1 aromatic rings. The Kier molecular flexibility index (Phi) is 3.07. The van der Waals surface area contributed by atoms with E-state index in [0.717, 1.165) is 0 Å². The fourth-order valence-electron chi connectivity index (χ4n) is 0.987. The number of hydrogen-bond acceptors (Lipinski definition) is 4. The molecule has 0 spiro atoms. The molecule has 5 nitrogen and oxygen atoms in total. The maximum absolute atomic E-state index is 11.0. The van der Waals surface area contributed by atoms with Crippen molar-refractivity contribution in [2.45, 2.75) is 24.8 Å². The maximum Gasteiger partial charge on any atom is 0.239 e. The molecule has 78 valence electrons. The van der Waals surface area contributed by atoms with Gasteiger partial charge in [-0.1, -0.05) is 0 Å². The predicted molar refractivity (Wildman–Crippen MR) is 54.4 cm³/mol. The minimum atomic E-state index is -3.66. The molecule has 0 fully saturated rings. The second-order valence-electron chi connectivity index (χ2n) is 3.25. The molecule has 3 N–H and O–H groups in total. The summed E-state index contributed by atoms with van der Waals surface area (Å²) in [7, 11) is -3.66. The lowest BCUT2D eigenvalue weighted by molar-refractivity contribution is 0.597. The van der Waals surface area contributed by atoms with Crippen LogP contribution in [0, 0.1) is 0 Å². The molecule has 0 bridgehead atoms. The highest BCUT2D eigenvalue weighted by atomic mass is 32.2. The van der Waals surface area contributed by atoms with E-state index in [1.807, 2.05) is 13.8 Å². The zero-order valence-electron chi connectivity index (χ0n) is 8.06. The van der Waals surface area contributed by atoms with Gasteiger partial charge in [-0.25, -0.2) is 13.6 Å². The molecule has 0 saturated heterocycles. The third-order valence-corrected chi connectivity index (χ3v) is 2.38. The summed E-state index contributed by atoms with van der Waals surface area (Å²) >= 11 is 0. The Bertz CT molecular complexity index is 414. The number of nitrogens with one attached hydrogen (secondary N) is 1. The van der Waals surface area contributed by atoms with Crippen molar-refractivity contribution in [3.05, 3.63) is 18.5 Å². The highest BCUT2D eigenvalue weighted by Crippen LogP contribution is 2.12. The smallest absolute Gasteiger partial charge is 0.239 e. The molecule has 0 aliphatic carbocycles. The van der Waals surface area contributed by atoms with Crippen LogP contribution in [0.2, 0.25) is 0 Å². The van der Waals surface area contributed by atoms with Gasteiger partial charge in [0.05, 0.1) is 11.9 Å². The number of primary sulfonamides is 1. The predicted octanol–water partition coefficient (Wildman–Crippen LogP) is 0.549. The summed E-state index contributed by atoms with van der Waals surface area (Å²) < 4.78 is 22.0. The summed E-state index contributed by atoms with van der Waals surface area (Å²) in [5, 5.41) is 8.00. The topological polar surface area (TPSA) is 85.1 Å². The molecular weight excluding hydrogens is 202 g/mol. The summed E-state index contributed by atoms with van der Waals surface area (Å²) in [5.74, 6) is 0. The molecule has 1 aromatic heterocycles. The van der Waals surface area contributed by atoms with Crippen LogP contribution in [0.5, 0.6) is 0 Å². The van der Waals surface area contributed by atoms with Crippen molar-refractivity contribution in [3.8, 4) is 0 Å². The zero-order chi connectivity index (χ0) is 10.8. The summed E-state index contributed by atoms with van der Waals surface area (Å²) in [6.45, 7) is 3.90. The molecule has 0 aliphatic rings. The van der Waals surface area contributed by atoms with Gasteiger partial charge in [0.25, 0.3) is 0 Å². The number of pyridine rings is 1. The van der Waals surface area contributed by atoms with Crippen molar-refractivity contribution in [2.75, 3.05) is 5.32 Å². The highest BCUT2D eigenvalue weighted by Gasteiger charge is 2.08. The van der Waals surface area contributed by atoms with E-state index >= 15 is 0 Å². The normalized spacial score (nSPS) is 11.7. The first-order valence-electron chi connectivity index (χ1n) is 4.14. The van der Waals surface area contributed by atoms with Gasteiger partial charge in [-0.2, -0.15) is 0 Å². The van der Waals surface area contributed by atoms with Gasteiger partial charge in [0.1, 0.15) is 4.90 Å². The van der Waals surface area contributed by atoms with Crippen LogP contribution in [-0.4, -0.2) is 19.4 Å². The lowest BCUT2D eigenvalue weighted by Crippen LogP contribution is -2.14. The first-order chi connectivity index (χ1) is 6.39. The summed E-state index contributed by atoms with van der Waals surface area (Å²) in [5.41, 5.74) is 0.645. The third-order valence-electron chi connectivity index (χ3n) is 1.50. The Balaban J connectivity index is 3.02. The first-order valence-corrected chi connectivity index (χ1v) is 5.68. The van der Waals surface area contributed by atoms with Crippen molar-refractivity contribution in [1.29, 1.82) is 0 Å². The third kappa shape index (κ3) is 2.97. The molecule has 0 atom stereocenters. The van der Waals surface area contributed by atoms with Crippen LogP contribution < -0.4 is 10.5 Å². The molecule has 0 unspecified atom stereocenters. The fraction of sp³-hybridized carbons (Fsp3) is 0.375. The van der Waals surface area contributed by atoms with Crippen molar-refractivity contribution in [1.82, 2.24) is 4.98 Å². The summed E-state index contributed by atoms with van der Waals surface area (Å²) in [4.78, 5) is 3.80. The average molecular weight is 215 g/mol. The Labute approximate surface area is 83.4 Å². The van der Waals surface area contributed by atoms with Crippen LogP contribution in [-0.2, 0) is 10.0 Å². The van der Waals surface area contributed by atoms with E-state index in [1.165, 1.54) is 12.3 Å². The lowest BCUT2D eigenvalue weighted by atomic mass is 10.3. The van der Waals surface area contributed by atoms with E-state index in [9.17, 15) is 8.42 Å². The molecule has 1 heterocycles. The first kappa shape index (κ1) is 10.9. The minimum absolute atomic E-state index is 0.0168. The molecular formula is C8H13N3O2S. The maximum atomic E-state index is 11.0. The van der Waals surface area contributed by atoms with Crippen LogP contribution >= 0.6 is 0 Å². The Morgan fingerprint density at radius 2 is 2.07 bits per heavy atom. The molecule has 14 heavy (non-hydrogen) atoms. The number of rotatable bonds is 3. The van der Waals surface area contributed by atoms with Gasteiger partial charge in [-0.15, -0.1) is 0 Å². The zero-order valence-corrected chi connectivity index (χ0v) is 8.88. The lowest BCUT2D eigenvalue weighted by Gasteiger charge is -2.09. The minimum Gasteiger partial charge on any atom is -0.382 e. The summed E-state index contributed by atoms with van der Waals surface area (Å²) in [6.07, 6.45) is 2.77. The van der Waals surface area contributed by atoms with Crippen LogP contribution in [0.4, 0.5) is 5.69 Å². The van der Waals surface area contributed by atoms with E-state index in [-0.39, 0.29) is 10.9 Å². The number of nitrogens with two attached hydrogens (primary N) is 1. The molecule has 0 aromatic carbocycles. The quantitative estimate of drug-likeness (QED) is 0.771. The summed E-state index contributed by atoms with van der Waals surface area (Å²) in [6, 6.07) is 1.68. The van der Waals surface area contributed by atoms with Crippen LogP contribution in [0.25, 0.3) is 0 Å². The molecule has 1 rings (SSSR count). The van der Waals surface area contributed by atoms with Gasteiger partial charge in [0, 0.05) is 12.2 Å². The van der Waals surface area contributed by atoms with Gasteiger partial charge in [0.2, 0.25) is 10.0 Å². The largest absolute Gasteiger partial charge is 0.382 e. The molecule has 0 amide bonds. The fourth-order valence-corrected chi connectivity index (χ4v) is 1.49. The van der Waals surface area contributed by atoms with Crippen LogP contribution in [0.1, 0.15) is 13.8 Å². The van der Waals surface area contributed by atoms with Crippen molar-refractivity contribution >= 4 is 15.7 Å². The Morgan fingerprint density at radius 3 is 2.57 bits per heavy atom. The number of sulfonamides is 1. The van der Waals surface area contributed by atoms with E-state index in [2.05, 4.69) is 10.3 Å². The van der Waals surface area contributed by atoms with Crippen molar-refractivity contribution in [2.24, 2.45) is 5.14 Å². The molecule has 0 saturated carbocycles. The van der Waals surface area contributed by atoms with Crippen molar-refractivity contribution in [3.63, 3.8) is 0 Å². The van der Waals surface area contributed by atoms with Gasteiger partial charge >= 0.3 is 0 Å². The molecule has 6 heteroatoms. The SMILES string of the molecule is CC(C)Nc1cncc(S(N)(=O)=O)c1. The van der Waals surface area contributed by atoms with E-state index in [1.54, 1.807) is 6.20 Å². The van der Waals surface area contributed by atoms with Gasteiger partial charge < -0.3 is 5.32 Å². The van der Waals surface area contributed by atoms with Gasteiger partial charge in [-0.05, 0) is 19.9 Å². The second kappa shape index (κ2) is 3.93. The van der Waals surface area contributed by atoms with Crippen LogP contribution in [0.3, 0.4) is 0 Å². The monoisotopic (exact) mass is 215 g/mol. The Hall–Kier alpha value is -1.14. The average Bonchev–Trinajstić information content (AvgIpc) is 2.01. The Morgan fingerprint density at radius 1 is 1.43 bits per heavy atom. The van der Waals surface area contributed by atoms with Gasteiger partial charge in [0.15, 0.2) is 0 Å². The second-order valence-corrected chi connectivity index (χ2v) is 4.81. The van der Waals surface area contributed by atoms with E-state index in [0.29, 0.717) is 5.69 Å².